The van der Waals surface area contributed by atoms with E-state index in [4.69, 9.17) is 14.3 Å². The maximum absolute atomic E-state index is 12.4. The van der Waals surface area contributed by atoms with E-state index in [1.807, 2.05) is 0 Å². The Morgan fingerprint density at radius 3 is 2.45 bits per heavy atom. The zero-order valence-electron chi connectivity index (χ0n) is 23.9. The Morgan fingerprint density at radius 1 is 1.00 bits per heavy atom. The van der Waals surface area contributed by atoms with Crippen LogP contribution in [-0.4, -0.2) is 99.2 Å². The van der Waals surface area contributed by atoms with Crippen LogP contribution in [0.1, 0.15) is 71.6 Å². The van der Waals surface area contributed by atoms with Crippen LogP contribution in [-0.2, 0) is 19.1 Å². The highest BCUT2D eigenvalue weighted by Gasteiger charge is 2.68. The molecule has 0 aromatic carbocycles. The first-order valence-corrected chi connectivity index (χ1v) is 15.2. The average Bonchev–Trinajstić information content (AvgIpc) is 3.48. The van der Waals surface area contributed by atoms with Crippen LogP contribution in [0.25, 0.3) is 0 Å². The van der Waals surface area contributed by atoms with Crippen molar-refractivity contribution in [2.24, 2.45) is 34.5 Å². The van der Waals surface area contributed by atoms with Gasteiger partial charge in [-0.1, -0.05) is 13.8 Å². The minimum Gasteiger partial charge on any atom is -0.458 e. The number of rotatable bonds is 5. The quantitative estimate of drug-likeness (QED) is 0.244. The highest BCUT2D eigenvalue weighted by Crippen LogP contribution is 2.70. The Kier molecular flexibility index (Phi) is 7.43. The zero-order chi connectivity index (χ0) is 28.6. The molecule has 6 rings (SSSR count). The van der Waals surface area contributed by atoms with Crippen LogP contribution in [0, 0.1) is 34.5 Å². The zero-order valence-corrected chi connectivity index (χ0v) is 23.9. The van der Waals surface area contributed by atoms with Crippen LogP contribution < -0.4 is 0 Å². The average molecular weight is 566 g/mol. The van der Waals surface area contributed by atoms with Crippen molar-refractivity contribution >= 4 is 5.97 Å². The van der Waals surface area contributed by atoms with Crippen molar-refractivity contribution in [2.75, 3.05) is 20.3 Å². The fourth-order valence-electron chi connectivity index (χ4n) is 10.4. The second kappa shape index (κ2) is 10.3. The van der Waals surface area contributed by atoms with E-state index in [0.717, 1.165) is 63.4 Å². The molecule has 2 heterocycles. The van der Waals surface area contributed by atoms with E-state index in [2.05, 4.69) is 13.8 Å². The Morgan fingerprint density at radius 2 is 1.77 bits per heavy atom. The van der Waals surface area contributed by atoms with Gasteiger partial charge in [0.1, 0.15) is 31.0 Å². The summed E-state index contributed by atoms with van der Waals surface area (Å²) in [6.07, 6.45) is 3.63. The first-order chi connectivity index (χ1) is 19.0. The molecular formula is C30H47NO9. The lowest BCUT2D eigenvalue weighted by atomic mass is 9.43. The third-order valence-electron chi connectivity index (χ3n) is 12.6. The molecule has 10 nitrogen and oxygen atoms in total. The minimum absolute atomic E-state index is 0.0549. The van der Waals surface area contributed by atoms with Crippen LogP contribution in [0.15, 0.2) is 11.6 Å². The summed E-state index contributed by atoms with van der Waals surface area (Å²) in [7, 11) is 1.53. The second-order valence-electron chi connectivity index (χ2n) is 14.0. The number of hydrogen-bond donors (Lipinski definition) is 5. The topological polar surface area (TPSA) is 149 Å². The van der Waals surface area contributed by atoms with Crippen LogP contribution in [0.5, 0.6) is 0 Å². The van der Waals surface area contributed by atoms with E-state index in [0.29, 0.717) is 18.4 Å². The molecule has 0 radical (unpaired) electrons. The maximum Gasteiger partial charge on any atom is 0.331 e. The minimum atomic E-state index is -1.45. The summed E-state index contributed by atoms with van der Waals surface area (Å²) in [5, 5.41) is 55.1. The van der Waals surface area contributed by atoms with Crippen molar-refractivity contribution in [3.8, 4) is 0 Å². The van der Waals surface area contributed by atoms with E-state index in [1.165, 1.54) is 7.11 Å². The molecule has 5 fully saturated rings. The highest BCUT2D eigenvalue weighted by atomic mass is 16.7. The Labute approximate surface area is 236 Å². The molecule has 4 unspecified atom stereocenters. The SMILES string of the molecule is CON(C1O[C@@H](CO)[C@H](O)[C@@H](O)[C@@H]1O)[C@@H]1CC[C@@]2(C)C(CCC3C2CC[C@]2(C)[C@@H](C4=CC(=O)OC4)CC[C@]32O)C1. The van der Waals surface area contributed by atoms with Gasteiger partial charge in [0.15, 0.2) is 6.23 Å². The molecule has 6 aliphatic rings. The molecular weight excluding hydrogens is 518 g/mol. The van der Waals surface area contributed by atoms with Gasteiger partial charge in [-0.25, -0.2) is 4.79 Å². The van der Waals surface area contributed by atoms with E-state index in [-0.39, 0.29) is 34.7 Å². The molecule has 0 aromatic rings. The van der Waals surface area contributed by atoms with E-state index in [9.17, 15) is 30.3 Å². The number of esters is 1. The number of hydroxylamine groups is 2. The summed E-state index contributed by atoms with van der Waals surface area (Å²) in [5.41, 5.74) is 0.0988. The standard InChI is InChI=1S/C30H47NO9/c1-28-9-6-18(31(38-3)27-26(36)25(35)24(34)22(14-32)40-27)13-17(28)4-5-21-20(28)7-10-29(2)19(8-11-30(21,29)37)16-12-23(33)39-15-16/h12,17-22,24-27,32,34-37H,4-11,13-15H2,1-3H3/t17?,18-,19-,20?,21?,22+,24+,25-,26+,27?,28+,29-,30+/m1/s1. The number of carbonyl (C=O) groups is 1. The summed E-state index contributed by atoms with van der Waals surface area (Å²) < 4.78 is 11.1. The van der Waals surface area contributed by atoms with Crippen molar-refractivity contribution < 1.29 is 44.6 Å². The normalized spacial score (nSPS) is 52.5. The first kappa shape index (κ1) is 29.0. The van der Waals surface area contributed by atoms with Gasteiger partial charge in [0.25, 0.3) is 0 Å². The molecule has 0 aromatic heterocycles. The van der Waals surface area contributed by atoms with Crippen LogP contribution in [0.2, 0.25) is 0 Å². The third-order valence-corrected chi connectivity index (χ3v) is 12.6. The predicted octanol–water partition coefficient (Wildman–Crippen LogP) is 1.28. The number of carbonyl (C=O) groups excluding carboxylic acids is 1. The fourth-order valence-corrected chi connectivity index (χ4v) is 10.4. The fraction of sp³-hybridized carbons (Fsp3) is 0.900. The molecule has 226 valence electrons. The van der Waals surface area contributed by atoms with E-state index in [1.54, 1.807) is 11.1 Å². The van der Waals surface area contributed by atoms with Crippen LogP contribution in [0.4, 0.5) is 0 Å². The summed E-state index contributed by atoms with van der Waals surface area (Å²) >= 11 is 0. The van der Waals surface area contributed by atoms with Crippen molar-refractivity contribution in [1.82, 2.24) is 5.06 Å². The van der Waals surface area contributed by atoms with Crippen molar-refractivity contribution in [3.63, 3.8) is 0 Å². The number of hydrogen-bond acceptors (Lipinski definition) is 10. The highest BCUT2D eigenvalue weighted by molar-refractivity contribution is 5.85. The van der Waals surface area contributed by atoms with Gasteiger partial charge in [0.05, 0.1) is 19.3 Å². The molecule has 0 amide bonds. The maximum atomic E-state index is 12.4. The van der Waals surface area contributed by atoms with Gasteiger partial charge in [-0.3, -0.25) is 4.84 Å². The first-order valence-electron chi connectivity index (χ1n) is 15.2. The molecule has 2 aliphatic heterocycles. The summed E-state index contributed by atoms with van der Waals surface area (Å²) in [6.45, 7) is 4.53. The molecule has 4 aliphatic carbocycles. The van der Waals surface area contributed by atoms with Crippen molar-refractivity contribution in [3.05, 3.63) is 11.6 Å². The number of ether oxygens (including phenoxy) is 2. The summed E-state index contributed by atoms with van der Waals surface area (Å²) in [6, 6.07) is -0.0549. The lowest BCUT2D eigenvalue weighted by Gasteiger charge is -2.64. The van der Waals surface area contributed by atoms with Gasteiger partial charge in [-0.15, -0.1) is 0 Å². The Balaban J connectivity index is 1.19. The molecule has 4 saturated carbocycles. The molecule has 5 N–H and O–H groups in total. The van der Waals surface area contributed by atoms with E-state index < -0.39 is 42.9 Å². The van der Waals surface area contributed by atoms with Gasteiger partial charge < -0.3 is 35.0 Å². The molecule has 0 bridgehead atoms. The molecule has 1 saturated heterocycles. The number of fused-ring (bicyclic) bond motifs is 5. The lowest BCUT2D eigenvalue weighted by molar-refractivity contribution is -0.344. The van der Waals surface area contributed by atoms with Gasteiger partial charge in [0.2, 0.25) is 0 Å². The van der Waals surface area contributed by atoms with Crippen molar-refractivity contribution in [2.45, 2.75) is 114 Å². The smallest absolute Gasteiger partial charge is 0.331 e. The number of aliphatic hydroxyl groups excluding tert-OH is 4. The van der Waals surface area contributed by atoms with Gasteiger partial charge in [-0.05, 0) is 92.4 Å². The number of nitrogens with zero attached hydrogens (tertiary/aromatic N) is 1. The predicted molar refractivity (Wildman–Crippen MR) is 142 cm³/mol. The number of cyclic esters (lactones) is 1. The molecule has 0 spiro atoms. The van der Waals surface area contributed by atoms with Crippen molar-refractivity contribution in [1.29, 1.82) is 0 Å². The number of aliphatic hydroxyl groups is 5. The summed E-state index contributed by atoms with van der Waals surface area (Å²) in [4.78, 5) is 17.6. The Bertz CT molecular complexity index is 1020. The Hall–Kier alpha value is -1.11. The molecule has 40 heavy (non-hydrogen) atoms. The largest absolute Gasteiger partial charge is 0.458 e. The van der Waals surface area contributed by atoms with Gasteiger partial charge in [-0.2, -0.15) is 5.06 Å². The van der Waals surface area contributed by atoms with Crippen LogP contribution >= 0.6 is 0 Å². The van der Waals surface area contributed by atoms with Crippen LogP contribution in [0.3, 0.4) is 0 Å². The summed E-state index contributed by atoms with van der Waals surface area (Å²) in [5.74, 6) is 0.949. The van der Waals surface area contributed by atoms with E-state index >= 15 is 0 Å². The van der Waals surface area contributed by atoms with Gasteiger partial charge in [0, 0.05) is 17.5 Å². The monoisotopic (exact) mass is 565 g/mol. The van der Waals surface area contributed by atoms with Gasteiger partial charge >= 0.3 is 5.97 Å². The molecule has 10 heteroatoms. The lowest BCUT2D eigenvalue weighted by Crippen LogP contribution is -2.66. The second-order valence-corrected chi connectivity index (χ2v) is 14.0. The molecule has 13 atom stereocenters. The third kappa shape index (κ3) is 4.08.